The molecule has 3 amide bonds. The molecule has 0 aromatic rings. The number of ether oxygens (including phenoxy) is 1. The molecule has 0 bridgehead atoms. The molecule has 1 fully saturated rings. The highest BCUT2D eigenvalue weighted by Crippen LogP contribution is 2.23. The molecule has 1 heterocycles. The number of carbonyl (C=O) groups is 3. The third kappa shape index (κ3) is 6.19. The number of amides is 3. The van der Waals surface area contributed by atoms with Crippen molar-refractivity contribution < 1.29 is 24.2 Å². The van der Waals surface area contributed by atoms with E-state index in [9.17, 15) is 14.4 Å². The van der Waals surface area contributed by atoms with Crippen molar-refractivity contribution in [2.45, 2.75) is 44.6 Å². The molecule has 1 rings (SSSR count). The number of aliphatic carboxylic acids is 1. The van der Waals surface area contributed by atoms with Crippen molar-refractivity contribution >= 4 is 17.9 Å². The molecule has 1 unspecified atom stereocenters. The van der Waals surface area contributed by atoms with Crippen LogP contribution in [0.2, 0.25) is 0 Å². The number of carbonyl (C=O) groups excluding carboxylic acids is 2. The lowest BCUT2D eigenvalue weighted by Gasteiger charge is -2.23. The summed E-state index contributed by atoms with van der Waals surface area (Å²) < 4.78 is 5.49. The van der Waals surface area contributed by atoms with Gasteiger partial charge in [0.05, 0.1) is 5.60 Å². The first kappa shape index (κ1) is 15.4. The van der Waals surface area contributed by atoms with Crippen LogP contribution in [0.3, 0.4) is 0 Å². The minimum absolute atomic E-state index is 0.0213. The minimum atomic E-state index is -0.955. The number of carboxylic acid groups (broad SMARTS) is 1. The van der Waals surface area contributed by atoms with Gasteiger partial charge in [-0.05, 0) is 26.2 Å². The third-order valence-corrected chi connectivity index (χ3v) is 2.97. The molecule has 19 heavy (non-hydrogen) atoms. The lowest BCUT2D eigenvalue weighted by Crippen LogP contribution is -2.46. The first-order valence-electron chi connectivity index (χ1n) is 6.35. The highest BCUT2D eigenvalue weighted by molar-refractivity contribution is 5.94. The molecular weight excluding hydrogens is 252 g/mol. The van der Waals surface area contributed by atoms with Gasteiger partial charge in [0.25, 0.3) is 0 Å². The average molecular weight is 272 g/mol. The van der Waals surface area contributed by atoms with E-state index in [-0.39, 0.29) is 24.9 Å². The maximum absolute atomic E-state index is 11.4. The van der Waals surface area contributed by atoms with Crippen LogP contribution < -0.4 is 10.6 Å². The Kier molecular flexibility index (Phi) is 5.75. The Morgan fingerprint density at radius 3 is 2.63 bits per heavy atom. The zero-order valence-electron chi connectivity index (χ0n) is 11.0. The highest BCUT2D eigenvalue weighted by atomic mass is 16.5. The molecule has 0 aromatic heterocycles. The number of hydrogen-bond acceptors (Lipinski definition) is 4. The van der Waals surface area contributed by atoms with Gasteiger partial charge in [-0.2, -0.15) is 0 Å². The summed E-state index contributed by atoms with van der Waals surface area (Å²) >= 11 is 0. The molecule has 0 aliphatic carbocycles. The second-order valence-electron chi connectivity index (χ2n) is 4.88. The van der Waals surface area contributed by atoms with Crippen molar-refractivity contribution in [2.24, 2.45) is 0 Å². The molecule has 1 saturated heterocycles. The number of hydrogen-bond donors (Lipinski definition) is 3. The number of carboxylic acids is 1. The fraction of sp³-hybridized carbons (Fsp3) is 0.750. The van der Waals surface area contributed by atoms with Crippen LogP contribution in [0, 0.1) is 0 Å². The Morgan fingerprint density at radius 2 is 2.05 bits per heavy atom. The Bertz CT molecular complexity index is 350. The van der Waals surface area contributed by atoms with E-state index in [0.717, 1.165) is 12.8 Å². The number of nitrogens with one attached hydrogen (secondary N) is 2. The van der Waals surface area contributed by atoms with E-state index in [1.807, 2.05) is 6.92 Å². The van der Waals surface area contributed by atoms with Crippen molar-refractivity contribution in [1.29, 1.82) is 0 Å². The molecule has 3 N–H and O–H groups in total. The monoisotopic (exact) mass is 272 g/mol. The van der Waals surface area contributed by atoms with Crippen molar-refractivity contribution in [1.82, 2.24) is 10.6 Å². The van der Waals surface area contributed by atoms with Gasteiger partial charge in [0, 0.05) is 26.0 Å². The third-order valence-electron chi connectivity index (χ3n) is 2.97. The van der Waals surface area contributed by atoms with E-state index in [1.54, 1.807) is 0 Å². The van der Waals surface area contributed by atoms with Gasteiger partial charge >= 0.3 is 12.0 Å². The lowest BCUT2D eigenvalue weighted by atomic mass is 10.0. The van der Waals surface area contributed by atoms with E-state index in [0.29, 0.717) is 13.2 Å². The summed E-state index contributed by atoms with van der Waals surface area (Å²) in [4.78, 5) is 33.0. The van der Waals surface area contributed by atoms with Crippen molar-refractivity contribution in [3.63, 3.8) is 0 Å². The van der Waals surface area contributed by atoms with E-state index >= 15 is 0 Å². The first-order chi connectivity index (χ1) is 8.91. The average Bonchev–Trinajstić information content (AvgIpc) is 2.74. The van der Waals surface area contributed by atoms with Gasteiger partial charge in [-0.25, -0.2) is 4.79 Å². The van der Waals surface area contributed by atoms with E-state index in [2.05, 4.69) is 10.6 Å². The Hall–Kier alpha value is -1.63. The van der Waals surface area contributed by atoms with Gasteiger partial charge in [0.2, 0.25) is 5.91 Å². The SMILES string of the molecule is CC1(CNC(=O)NC(=O)CCCC(=O)O)CCCO1. The molecule has 1 atom stereocenters. The van der Waals surface area contributed by atoms with Gasteiger partial charge in [-0.3, -0.25) is 14.9 Å². The molecule has 1 aliphatic heterocycles. The Labute approximate surface area is 111 Å². The fourth-order valence-electron chi connectivity index (χ4n) is 1.88. The van der Waals surface area contributed by atoms with Crippen molar-refractivity contribution in [2.75, 3.05) is 13.2 Å². The molecule has 0 spiro atoms. The summed E-state index contributed by atoms with van der Waals surface area (Å²) in [5.41, 5.74) is -0.357. The first-order valence-corrected chi connectivity index (χ1v) is 6.35. The quantitative estimate of drug-likeness (QED) is 0.658. The Balaban J connectivity index is 2.16. The normalized spacial score (nSPS) is 21.9. The molecule has 1 aliphatic rings. The van der Waals surface area contributed by atoms with Gasteiger partial charge in [0.15, 0.2) is 0 Å². The highest BCUT2D eigenvalue weighted by Gasteiger charge is 2.30. The zero-order chi connectivity index (χ0) is 14.3. The van der Waals surface area contributed by atoms with Crippen molar-refractivity contribution in [3.8, 4) is 0 Å². The fourth-order valence-corrected chi connectivity index (χ4v) is 1.88. The maximum Gasteiger partial charge on any atom is 0.321 e. The molecule has 7 heteroatoms. The lowest BCUT2D eigenvalue weighted by molar-refractivity contribution is -0.137. The van der Waals surface area contributed by atoms with Crippen LogP contribution in [0.1, 0.15) is 39.0 Å². The summed E-state index contributed by atoms with van der Waals surface area (Å²) in [6, 6.07) is -0.572. The summed E-state index contributed by atoms with van der Waals surface area (Å²) in [5, 5.41) is 13.2. The minimum Gasteiger partial charge on any atom is -0.481 e. The predicted octanol–water partition coefficient (Wildman–Crippen LogP) is 0.636. The molecule has 108 valence electrons. The predicted molar refractivity (Wildman–Crippen MR) is 66.6 cm³/mol. The molecule has 7 nitrogen and oxygen atoms in total. The van der Waals surface area contributed by atoms with Gasteiger partial charge < -0.3 is 15.2 Å². The van der Waals surface area contributed by atoms with Gasteiger partial charge in [0.1, 0.15) is 0 Å². The molecule has 0 saturated carbocycles. The largest absolute Gasteiger partial charge is 0.481 e. The summed E-state index contributed by atoms with van der Waals surface area (Å²) in [7, 11) is 0. The molecule has 0 aromatic carbocycles. The standard InChI is InChI=1S/C12H20N2O5/c1-12(6-3-7-19-12)8-13-11(18)14-9(15)4-2-5-10(16)17/h2-8H2,1H3,(H,16,17)(H2,13,14,15,18). The van der Waals surface area contributed by atoms with Gasteiger partial charge in [-0.1, -0.05) is 0 Å². The Morgan fingerprint density at radius 1 is 1.32 bits per heavy atom. The van der Waals surface area contributed by atoms with Crippen LogP contribution in [0.15, 0.2) is 0 Å². The van der Waals surface area contributed by atoms with Crippen LogP contribution >= 0.6 is 0 Å². The van der Waals surface area contributed by atoms with Gasteiger partial charge in [-0.15, -0.1) is 0 Å². The maximum atomic E-state index is 11.4. The second kappa shape index (κ2) is 7.08. The summed E-state index contributed by atoms with van der Waals surface area (Å²) in [6.07, 6.45) is 2.00. The smallest absolute Gasteiger partial charge is 0.321 e. The summed E-state index contributed by atoms with van der Waals surface area (Å²) in [6.45, 7) is 2.95. The molecule has 0 radical (unpaired) electrons. The summed E-state index contributed by atoms with van der Waals surface area (Å²) in [5.74, 6) is -1.43. The van der Waals surface area contributed by atoms with Crippen LogP contribution in [-0.2, 0) is 14.3 Å². The number of urea groups is 1. The van der Waals surface area contributed by atoms with E-state index < -0.39 is 17.9 Å². The number of rotatable bonds is 6. The second-order valence-corrected chi connectivity index (χ2v) is 4.88. The van der Waals surface area contributed by atoms with E-state index in [1.165, 1.54) is 0 Å². The van der Waals surface area contributed by atoms with Crippen LogP contribution in [0.5, 0.6) is 0 Å². The van der Waals surface area contributed by atoms with E-state index in [4.69, 9.17) is 9.84 Å². The van der Waals surface area contributed by atoms with Crippen molar-refractivity contribution in [3.05, 3.63) is 0 Å². The topological polar surface area (TPSA) is 105 Å². The van der Waals surface area contributed by atoms with Crippen LogP contribution in [0.25, 0.3) is 0 Å². The van der Waals surface area contributed by atoms with Crippen LogP contribution in [0.4, 0.5) is 4.79 Å². The zero-order valence-corrected chi connectivity index (χ0v) is 11.0. The number of imide groups is 1. The van der Waals surface area contributed by atoms with Crippen LogP contribution in [-0.4, -0.2) is 41.8 Å². The molecular formula is C12H20N2O5.